The van der Waals surface area contributed by atoms with E-state index in [1.807, 2.05) is 31.3 Å². The number of carbonyl (C=O) groups excluding carboxylic acids is 1. The Hall–Kier alpha value is -3.71. The molecule has 7 heteroatoms. The second-order valence-electron chi connectivity index (χ2n) is 9.77. The molecule has 0 saturated carbocycles. The summed E-state index contributed by atoms with van der Waals surface area (Å²) in [6.07, 6.45) is 11.5. The molecule has 1 amide bonds. The third-order valence-corrected chi connectivity index (χ3v) is 7.12. The normalized spacial score (nSPS) is 14.2. The number of aryl methyl sites for hydroxylation is 4. The second kappa shape index (κ2) is 11.6. The quantitative estimate of drug-likeness (QED) is 0.414. The van der Waals surface area contributed by atoms with E-state index in [1.54, 1.807) is 7.05 Å². The molecule has 0 bridgehead atoms. The van der Waals surface area contributed by atoms with Crippen molar-refractivity contribution in [3.63, 3.8) is 0 Å². The highest BCUT2D eigenvalue weighted by Gasteiger charge is 2.14. The highest BCUT2D eigenvalue weighted by molar-refractivity contribution is 5.94. The molecule has 0 saturated heterocycles. The summed E-state index contributed by atoms with van der Waals surface area (Å²) in [7, 11) is 3.61. The molecule has 0 radical (unpaired) electrons. The fraction of sp³-hybridized carbons (Fsp3) is 0.367. The SMILES string of the molecule is CNC(=O)c1ccc(-c2cn3c(n2)CCCC3)cc1.CNCc1ccc(-c2cn3c(n2)CCCC3)cc1. The molecule has 0 fully saturated rings. The number of hydrogen-bond donors (Lipinski definition) is 2. The van der Waals surface area contributed by atoms with Gasteiger partial charge in [-0.3, -0.25) is 4.79 Å². The molecule has 2 aliphatic rings. The Morgan fingerprint density at radius 3 is 1.73 bits per heavy atom. The standard InChI is InChI=1S/C15H17N3O.C15H19N3/c1-16-15(19)12-7-5-11(6-8-12)13-10-18-9-3-2-4-14(18)17-13;1-16-10-12-5-7-13(8-6-12)14-11-18-9-3-2-4-15(18)17-14/h5-8,10H,2-4,9H2,1H3,(H,16,19);5-8,11,16H,2-4,9-10H2,1H3. The smallest absolute Gasteiger partial charge is 0.251 e. The van der Waals surface area contributed by atoms with Gasteiger partial charge in [0, 0.05) is 68.6 Å². The van der Waals surface area contributed by atoms with Crippen molar-refractivity contribution >= 4 is 5.91 Å². The number of amides is 1. The van der Waals surface area contributed by atoms with Crippen LogP contribution in [0.1, 0.15) is 53.3 Å². The van der Waals surface area contributed by atoms with Gasteiger partial charge in [0.25, 0.3) is 5.91 Å². The van der Waals surface area contributed by atoms with Crippen molar-refractivity contribution < 1.29 is 4.79 Å². The van der Waals surface area contributed by atoms with Gasteiger partial charge in [-0.15, -0.1) is 0 Å². The summed E-state index contributed by atoms with van der Waals surface area (Å²) in [4.78, 5) is 20.9. The van der Waals surface area contributed by atoms with E-state index in [4.69, 9.17) is 4.98 Å². The number of nitrogens with one attached hydrogen (secondary N) is 2. The molecule has 2 aliphatic heterocycles. The molecular weight excluding hydrogens is 460 g/mol. The number of carbonyl (C=O) groups is 1. The molecule has 4 aromatic rings. The van der Waals surface area contributed by atoms with E-state index < -0.39 is 0 Å². The zero-order chi connectivity index (χ0) is 25.6. The van der Waals surface area contributed by atoms with Crippen LogP contribution in [0.15, 0.2) is 60.9 Å². The van der Waals surface area contributed by atoms with E-state index in [0.29, 0.717) is 5.56 Å². The minimum Gasteiger partial charge on any atom is -0.355 e. The summed E-state index contributed by atoms with van der Waals surface area (Å²) in [5, 5.41) is 5.78. The predicted molar refractivity (Wildman–Crippen MR) is 147 cm³/mol. The van der Waals surface area contributed by atoms with E-state index in [-0.39, 0.29) is 5.91 Å². The molecule has 37 heavy (non-hydrogen) atoms. The third kappa shape index (κ3) is 5.83. The van der Waals surface area contributed by atoms with Crippen molar-refractivity contribution in [1.82, 2.24) is 29.7 Å². The first-order valence-corrected chi connectivity index (χ1v) is 13.3. The van der Waals surface area contributed by atoms with Gasteiger partial charge in [0.15, 0.2) is 0 Å². The Morgan fingerprint density at radius 2 is 1.27 bits per heavy atom. The second-order valence-corrected chi connectivity index (χ2v) is 9.77. The fourth-order valence-corrected chi connectivity index (χ4v) is 5.04. The summed E-state index contributed by atoms with van der Waals surface area (Å²) >= 11 is 0. The third-order valence-electron chi connectivity index (χ3n) is 7.12. The molecular formula is C30H36N6O. The molecule has 4 heterocycles. The molecule has 2 N–H and O–H groups in total. The van der Waals surface area contributed by atoms with Crippen LogP contribution in [0.25, 0.3) is 22.5 Å². The number of rotatable bonds is 5. The van der Waals surface area contributed by atoms with Crippen molar-refractivity contribution in [1.29, 1.82) is 0 Å². The maximum absolute atomic E-state index is 11.5. The van der Waals surface area contributed by atoms with Gasteiger partial charge in [0.1, 0.15) is 11.6 Å². The van der Waals surface area contributed by atoms with Crippen LogP contribution in [0, 0.1) is 0 Å². The fourth-order valence-electron chi connectivity index (χ4n) is 5.04. The number of nitrogens with zero attached hydrogens (tertiary/aromatic N) is 4. The Bertz CT molecular complexity index is 1290. The van der Waals surface area contributed by atoms with Gasteiger partial charge in [-0.1, -0.05) is 36.4 Å². The summed E-state index contributed by atoms with van der Waals surface area (Å²) in [5.41, 5.74) is 6.38. The van der Waals surface area contributed by atoms with Crippen molar-refractivity contribution in [2.24, 2.45) is 0 Å². The molecule has 192 valence electrons. The lowest BCUT2D eigenvalue weighted by atomic mass is 10.1. The molecule has 2 aromatic carbocycles. The molecule has 7 nitrogen and oxygen atoms in total. The average molecular weight is 497 g/mol. The van der Waals surface area contributed by atoms with Crippen LogP contribution in [0.5, 0.6) is 0 Å². The number of aromatic nitrogens is 4. The van der Waals surface area contributed by atoms with Gasteiger partial charge in [-0.25, -0.2) is 9.97 Å². The van der Waals surface area contributed by atoms with Crippen LogP contribution in [0.3, 0.4) is 0 Å². The van der Waals surface area contributed by atoms with Gasteiger partial charge < -0.3 is 19.8 Å². The first-order valence-electron chi connectivity index (χ1n) is 13.3. The Balaban J connectivity index is 0.000000152. The molecule has 2 aromatic heterocycles. The topological polar surface area (TPSA) is 76.8 Å². The Morgan fingerprint density at radius 1 is 0.757 bits per heavy atom. The van der Waals surface area contributed by atoms with E-state index in [0.717, 1.165) is 49.4 Å². The van der Waals surface area contributed by atoms with E-state index in [2.05, 4.69) is 61.4 Å². The number of benzene rings is 2. The molecule has 6 rings (SSSR count). The van der Waals surface area contributed by atoms with Crippen LogP contribution < -0.4 is 10.6 Å². The van der Waals surface area contributed by atoms with Crippen LogP contribution in [0.4, 0.5) is 0 Å². The van der Waals surface area contributed by atoms with Crippen LogP contribution in [0.2, 0.25) is 0 Å². The number of fused-ring (bicyclic) bond motifs is 2. The lowest BCUT2D eigenvalue weighted by Gasteiger charge is -2.11. The van der Waals surface area contributed by atoms with Gasteiger partial charge in [0.2, 0.25) is 0 Å². The molecule has 0 unspecified atom stereocenters. The van der Waals surface area contributed by atoms with Crippen LogP contribution in [-0.4, -0.2) is 39.1 Å². The summed E-state index contributed by atoms with van der Waals surface area (Å²) in [6, 6.07) is 16.3. The summed E-state index contributed by atoms with van der Waals surface area (Å²) < 4.78 is 4.55. The molecule has 0 spiro atoms. The van der Waals surface area contributed by atoms with E-state index >= 15 is 0 Å². The van der Waals surface area contributed by atoms with Gasteiger partial charge in [0.05, 0.1) is 11.4 Å². The van der Waals surface area contributed by atoms with Gasteiger partial charge in [-0.2, -0.15) is 0 Å². The van der Waals surface area contributed by atoms with Crippen molar-refractivity contribution in [3.8, 4) is 22.5 Å². The van der Waals surface area contributed by atoms with E-state index in [1.165, 1.54) is 48.5 Å². The average Bonchev–Trinajstić information content (AvgIpc) is 3.58. The van der Waals surface area contributed by atoms with Gasteiger partial charge >= 0.3 is 0 Å². The van der Waals surface area contributed by atoms with E-state index in [9.17, 15) is 4.79 Å². The maximum atomic E-state index is 11.5. The lowest BCUT2D eigenvalue weighted by molar-refractivity contribution is 0.0963. The van der Waals surface area contributed by atoms with Crippen molar-refractivity contribution in [3.05, 3.63) is 83.7 Å². The maximum Gasteiger partial charge on any atom is 0.251 e. The summed E-state index contributed by atoms with van der Waals surface area (Å²) in [6.45, 7) is 3.11. The minimum absolute atomic E-state index is 0.0596. The lowest BCUT2D eigenvalue weighted by Crippen LogP contribution is -2.17. The van der Waals surface area contributed by atoms with Crippen LogP contribution >= 0.6 is 0 Å². The highest BCUT2D eigenvalue weighted by Crippen LogP contribution is 2.24. The summed E-state index contributed by atoms with van der Waals surface area (Å²) in [5.74, 6) is 2.36. The first kappa shape index (κ1) is 25.0. The zero-order valence-electron chi connectivity index (χ0n) is 21.8. The Labute approximate surface area is 219 Å². The van der Waals surface area contributed by atoms with Crippen molar-refractivity contribution in [2.75, 3.05) is 14.1 Å². The van der Waals surface area contributed by atoms with Gasteiger partial charge in [-0.05, 0) is 50.4 Å². The molecule has 0 atom stereocenters. The number of hydrogen-bond acceptors (Lipinski definition) is 4. The monoisotopic (exact) mass is 496 g/mol. The Kier molecular flexibility index (Phi) is 7.80. The van der Waals surface area contributed by atoms with Crippen LogP contribution in [-0.2, 0) is 32.5 Å². The predicted octanol–water partition coefficient (Wildman–Crippen LogP) is 4.85. The zero-order valence-corrected chi connectivity index (χ0v) is 21.8. The highest BCUT2D eigenvalue weighted by atomic mass is 16.1. The number of imidazole rings is 2. The minimum atomic E-state index is -0.0596. The van der Waals surface area contributed by atoms with Crippen molar-refractivity contribution in [2.45, 2.75) is 58.2 Å². The first-order chi connectivity index (χ1) is 18.1. The molecule has 0 aliphatic carbocycles. The largest absolute Gasteiger partial charge is 0.355 e.